The quantitative estimate of drug-likeness (QED) is 0.701. The second-order valence-corrected chi connectivity index (χ2v) is 7.18. The third kappa shape index (κ3) is 2.67. The van der Waals surface area contributed by atoms with Gasteiger partial charge in [-0.15, -0.1) is 0 Å². The van der Waals surface area contributed by atoms with E-state index in [2.05, 4.69) is 11.1 Å². The van der Waals surface area contributed by atoms with E-state index in [0.717, 1.165) is 16.8 Å². The molecule has 6 heteroatoms. The Morgan fingerprint density at radius 1 is 1.18 bits per heavy atom. The van der Waals surface area contributed by atoms with Crippen LogP contribution in [0.2, 0.25) is 0 Å². The van der Waals surface area contributed by atoms with Crippen molar-refractivity contribution in [3.05, 3.63) is 89.3 Å². The second-order valence-electron chi connectivity index (χ2n) is 7.18. The van der Waals surface area contributed by atoms with Crippen LogP contribution in [0.25, 0.3) is 0 Å². The Hall–Kier alpha value is -3.46. The molecule has 0 radical (unpaired) electrons. The van der Waals surface area contributed by atoms with Crippen LogP contribution in [0.4, 0.5) is 4.39 Å². The van der Waals surface area contributed by atoms with Crippen molar-refractivity contribution >= 4 is 5.91 Å². The van der Waals surface area contributed by atoms with E-state index in [-0.39, 0.29) is 17.8 Å². The molecule has 0 fully saturated rings. The van der Waals surface area contributed by atoms with E-state index in [1.165, 1.54) is 12.1 Å². The number of benzene rings is 2. The van der Waals surface area contributed by atoms with Gasteiger partial charge in [0.1, 0.15) is 11.4 Å². The van der Waals surface area contributed by atoms with Gasteiger partial charge in [-0.1, -0.05) is 24.3 Å². The Kier molecular flexibility index (Phi) is 4.23. The molecule has 2 aromatic carbocycles. The summed E-state index contributed by atoms with van der Waals surface area (Å²) in [6.45, 7) is 4.23. The SMILES string of the molecule is C[C@@H](c1ccc(F)cc1)N1Cc2cncn2C(C)(c2ccc(C#N)cc2)C1=O. The highest BCUT2D eigenvalue weighted by Crippen LogP contribution is 2.38. The van der Waals surface area contributed by atoms with E-state index in [0.29, 0.717) is 12.1 Å². The zero-order valence-corrected chi connectivity index (χ0v) is 15.6. The lowest BCUT2D eigenvalue weighted by atomic mass is 9.86. The van der Waals surface area contributed by atoms with Crippen molar-refractivity contribution in [2.24, 2.45) is 0 Å². The molecule has 0 bridgehead atoms. The number of hydrogen-bond donors (Lipinski definition) is 0. The number of fused-ring (bicyclic) bond motifs is 1. The standard InChI is InChI=1S/C22H19FN4O/c1-15(17-5-9-19(23)10-6-17)26-13-20-12-25-14-27(20)22(2,21(26)28)18-7-3-16(11-24)4-8-18/h3-10,12,14-15H,13H2,1-2H3/t15-,22?/m0/s1. The van der Waals surface area contributed by atoms with Crippen LogP contribution >= 0.6 is 0 Å². The molecule has 3 aromatic rings. The predicted octanol–water partition coefficient (Wildman–Crippen LogP) is 3.76. The van der Waals surface area contributed by atoms with Gasteiger partial charge in [-0.3, -0.25) is 4.79 Å². The van der Waals surface area contributed by atoms with E-state index in [4.69, 9.17) is 5.26 Å². The average Bonchev–Trinajstić information content (AvgIpc) is 3.20. The Morgan fingerprint density at radius 3 is 2.50 bits per heavy atom. The summed E-state index contributed by atoms with van der Waals surface area (Å²) in [7, 11) is 0. The van der Waals surface area contributed by atoms with Crippen LogP contribution in [-0.4, -0.2) is 20.4 Å². The van der Waals surface area contributed by atoms with Crippen LogP contribution < -0.4 is 0 Å². The summed E-state index contributed by atoms with van der Waals surface area (Å²) in [5, 5.41) is 9.07. The average molecular weight is 374 g/mol. The summed E-state index contributed by atoms with van der Waals surface area (Å²) in [6.07, 6.45) is 3.43. The molecule has 1 aliphatic heterocycles. The molecule has 1 aromatic heterocycles. The summed E-state index contributed by atoms with van der Waals surface area (Å²) in [5.41, 5.74) is 2.13. The highest BCUT2D eigenvalue weighted by molar-refractivity contribution is 5.89. The van der Waals surface area contributed by atoms with Gasteiger partial charge < -0.3 is 9.47 Å². The predicted molar refractivity (Wildman–Crippen MR) is 101 cm³/mol. The molecule has 1 amide bonds. The second kappa shape index (κ2) is 6.61. The summed E-state index contributed by atoms with van der Waals surface area (Å²) in [4.78, 5) is 19.7. The first kappa shape index (κ1) is 17.9. The van der Waals surface area contributed by atoms with Gasteiger partial charge in [0, 0.05) is 6.20 Å². The molecular formula is C22H19FN4O. The van der Waals surface area contributed by atoms with Crippen molar-refractivity contribution in [3.63, 3.8) is 0 Å². The van der Waals surface area contributed by atoms with Gasteiger partial charge in [0.2, 0.25) is 0 Å². The first-order valence-electron chi connectivity index (χ1n) is 9.04. The number of rotatable bonds is 3. The maximum atomic E-state index is 13.7. The minimum Gasteiger partial charge on any atom is -0.328 e. The van der Waals surface area contributed by atoms with Crippen molar-refractivity contribution in [2.75, 3.05) is 0 Å². The number of nitriles is 1. The molecule has 2 atom stereocenters. The zero-order valence-electron chi connectivity index (χ0n) is 15.6. The zero-order chi connectivity index (χ0) is 19.9. The maximum absolute atomic E-state index is 13.7. The Morgan fingerprint density at radius 2 is 1.86 bits per heavy atom. The highest BCUT2D eigenvalue weighted by atomic mass is 19.1. The maximum Gasteiger partial charge on any atom is 0.254 e. The lowest BCUT2D eigenvalue weighted by molar-refractivity contribution is -0.143. The van der Waals surface area contributed by atoms with Crippen LogP contribution in [-0.2, 0) is 16.9 Å². The van der Waals surface area contributed by atoms with Gasteiger partial charge in [0.15, 0.2) is 0 Å². The number of nitrogens with zero attached hydrogens (tertiary/aromatic N) is 4. The first-order valence-corrected chi connectivity index (χ1v) is 9.04. The van der Waals surface area contributed by atoms with Crippen molar-refractivity contribution in [3.8, 4) is 6.07 Å². The molecule has 140 valence electrons. The molecule has 0 saturated carbocycles. The molecule has 0 aliphatic carbocycles. The fourth-order valence-corrected chi connectivity index (χ4v) is 3.84. The van der Waals surface area contributed by atoms with Crippen molar-refractivity contribution in [2.45, 2.75) is 32.0 Å². The highest BCUT2D eigenvalue weighted by Gasteiger charge is 2.46. The molecule has 5 nitrogen and oxygen atoms in total. The van der Waals surface area contributed by atoms with E-state index in [1.54, 1.807) is 41.7 Å². The first-order chi connectivity index (χ1) is 13.4. The van der Waals surface area contributed by atoms with E-state index >= 15 is 0 Å². The fourth-order valence-electron chi connectivity index (χ4n) is 3.84. The lowest BCUT2D eigenvalue weighted by Crippen LogP contribution is -2.54. The van der Waals surface area contributed by atoms with Gasteiger partial charge >= 0.3 is 0 Å². The fraction of sp³-hybridized carbons (Fsp3) is 0.227. The molecule has 0 saturated heterocycles. The number of hydrogen-bond acceptors (Lipinski definition) is 3. The number of halogens is 1. The number of aromatic nitrogens is 2. The van der Waals surface area contributed by atoms with Crippen molar-refractivity contribution in [1.82, 2.24) is 14.5 Å². The topological polar surface area (TPSA) is 61.9 Å². The van der Waals surface area contributed by atoms with Gasteiger partial charge in [-0.2, -0.15) is 5.26 Å². The van der Waals surface area contributed by atoms with Crippen LogP contribution in [0.5, 0.6) is 0 Å². The summed E-state index contributed by atoms with van der Waals surface area (Å²) in [6, 6.07) is 15.2. The molecule has 28 heavy (non-hydrogen) atoms. The molecule has 0 spiro atoms. The molecule has 4 rings (SSSR count). The third-order valence-corrected chi connectivity index (χ3v) is 5.60. The van der Waals surface area contributed by atoms with Gasteiger partial charge in [-0.25, -0.2) is 9.37 Å². The smallest absolute Gasteiger partial charge is 0.254 e. The largest absolute Gasteiger partial charge is 0.328 e. The molecule has 0 N–H and O–H groups in total. The number of imidazole rings is 1. The van der Waals surface area contributed by atoms with Crippen LogP contribution in [0, 0.1) is 17.1 Å². The molecule has 1 aliphatic rings. The third-order valence-electron chi connectivity index (χ3n) is 5.60. The van der Waals surface area contributed by atoms with Crippen LogP contribution in [0.1, 0.15) is 42.3 Å². The summed E-state index contributed by atoms with van der Waals surface area (Å²) >= 11 is 0. The number of amides is 1. The molecule has 1 unspecified atom stereocenters. The van der Waals surface area contributed by atoms with Gasteiger partial charge in [0.05, 0.1) is 36.2 Å². The Bertz CT molecular complexity index is 1070. The molecule has 2 heterocycles. The summed E-state index contributed by atoms with van der Waals surface area (Å²) in [5.74, 6) is -0.374. The van der Waals surface area contributed by atoms with Gasteiger partial charge in [-0.05, 0) is 49.2 Å². The van der Waals surface area contributed by atoms with Crippen LogP contribution in [0.15, 0.2) is 61.1 Å². The van der Waals surface area contributed by atoms with Crippen molar-refractivity contribution in [1.29, 1.82) is 5.26 Å². The molecular weight excluding hydrogens is 355 g/mol. The van der Waals surface area contributed by atoms with Crippen molar-refractivity contribution < 1.29 is 9.18 Å². The Labute approximate surface area is 162 Å². The monoisotopic (exact) mass is 374 g/mol. The van der Waals surface area contributed by atoms with E-state index < -0.39 is 5.54 Å². The minimum atomic E-state index is -0.980. The normalized spacial score (nSPS) is 19.8. The van der Waals surface area contributed by atoms with Gasteiger partial charge in [0.25, 0.3) is 5.91 Å². The number of carbonyl (C=O) groups excluding carboxylic acids is 1. The number of carbonyl (C=O) groups is 1. The van der Waals surface area contributed by atoms with E-state index in [9.17, 15) is 9.18 Å². The summed E-state index contributed by atoms with van der Waals surface area (Å²) < 4.78 is 15.2. The minimum absolute atomic E-state index is 0.0699. The van der Waals surface area contributed by atoms with E-state index in [1.807, 2.05) is 30.5 Å². The van der Waals surface area contributed by atoms with Crippen LogP contribution in [0.3, 0.4) is 0 Å². The Balaban J connectivity index is 1.79. The lowest BCUT2D eigenvalue weighted by Gasteiger charge is -2.44.